The number of piperazine rings is 1. The summed E-state index contributed by atoms with van der Waals surface area (Å²) in [5, 5.41) is 21.0. The number of rotatable bonds is 10. The molecule has 0 unspecified atom stereocenters. The summed E-state index contributed by atoms with van der Waals surface area (Å²) < 4.78 is 8.78. The van der Waals surface area contributed by atoms with Crippen molar-refractivity contribution in [3.8, 4) is 10.8 Å². The first-order valence-corrected chi connectivity index (χ1v) is 24.3. The summed E-state index contributed by atoms with van der Waals surface area (Å²) in [5.41, 5.74) is 12.4. The highest BCUT2D eigenvalue weighted by Gasteiger charge is 2.31. The smallest absolute Gasteiger partial charge is 0.335 e. The van der Waals surface area contributed by atoms with E-state index in [9.17, 15) is 9.90 Å². The molecule has 10 nitrogen and oxygen atoms in total. The monoisotopic (exact) mass is 925 g/mol. The summed E-state index contributed by atoms with van der Waals surface area (Å²) >= 11 is 14.9. The van der Waals surface area contributed by atoms with E-state index < -0.39 is 5.97 Å². The fourth-order valence-electron chi connectivity index (χ4n) is 10.1. The lowest BCUT2D eigenvalue weighted by Gasteiger charge is -2.36. The standard InChI is InChI=1S/C52H53Cl2N7O3S/c1-31-33(3)65-51-47(31)49(55-32(2)50-57-56-34(4)61(50)51)36-8-14-40(15-9-36)60-26-24-58(25-27-60)22-23-59-21-20-42(30-59)64-41-16-10-35(11-17-41)48-43-18-12-38(52(62)63)28-37(43)6-5-7-45(48)44-19-13-39(53)29-46(44)54/h8-19,28-29,32,42H,5-7,20-27,30H2,1-4H3,(H,62,63)/t32-,42-/m0/s1. The highest BCUT2D eigenvalue weighted by atomic mass is 35.5. The number of aromatic nitrogens is 3. The fraction of sp³-hybridized carbons (Fsp3) is 0.346. The molecule has 2 aromatic heterocycles. The lowest BCUT2D eigenvalue weighted by atomic mass is 9.87. The van der Waals surface area contributed by atoms with E-state index in [-0.39, 0.29) is 12.1 Å². The van der Waals surface area contributed by atoms with Crippen molar-refractivity contribution in [1.29, 1.82) is 0 Å². The summed E-state index contributed by atoms with van der Waals surface area (Å²) in [6, 6.07) is 28.4. The van der Waals surface area contributed by atoms with Crippen molar-refractivity contribution >= 4 is 63.1 Å². The van der Waals surface area contributed by atoms with Gasteiger partial charge in [0.2, 0.25) is 0 Å². The van der Waals surface area contributed by atoms with Crippen LogP contribution in [0.15, 0.2) is 89.9 Å². The van der Waals surface area contributed by atoms with Crippen LogP contribution in [0, 0.1) is 20.8 Å². The lowest BCUT2D eigenvalue weighted by Crippen LogP contribution is -2.48. The number of benzene rings is 4. The molecule has 0 radical (unpaired) electrons. The SMILES string of the molecule is Cc1sc2c(c1C)C(c1ccc(N3CCN(CCN4CC[C@H](Oc5ccc(C6=C(c7ccc(Cl)cc7Cl)CCCc7cc(C(=O)O)ccc76)cc5)C4)CC3)cc1)=N[C@@H](C)c1nnc(C)n1-2. The number of allylic oxidation sites excluding steroid dienone is 1. The molecule has 1 aliphatic carbocycles. The number of carbonyl (C=O) groups is 1. The highest BCUT2D eigenvalue weighted by Crippen LogP contribution is 2.43. The zero-order valence-corrected chi connectivity index (χ0v) is 39.6. The van der Waals surface area contributed by atoms with Crippen molar-refractivity contribution in [1.82, 2.24) is 24.6 Å². The molecule has 0 bridgehead atoms. The van der Waals surface area contributed by atoms with Crippen LogP contribution in [-0.2, 0) is 6.42 Å². The van der Waals surface area contributed by atoms with Gasteiger partial charge in [0.25, 0.3) is 0 Å². The van der Waals surface area contributed by atoms with Gasteiger partial charge in [-0.2, -0.15) is 0 Å². The number of likely N-dealkylation sites (tertiary alicyclic amines) is 1. The van der Waals surface area contributed by atoms with Gasteiger partial charge in [-0.15, -0.1) is 21.5 Å². The number of aryl methyl sites for hydroxylation is 3. The fourth-order valence-corrected chi connectivity index (χ4v) is 11.8. The number of carboxylic acid groups (broad SMARTS) is 1. The van der Waals surface area contributed by atoms with Gasteiger partial charge < -0.3 is 14.7 Å². The summed E-state index contributed by atoms with van der Waals surface area (Å²) in [7, 11) is 0. The Morgan fingerprint density at radius 1 is 0.831 bits per heavy atom. The number of thiophene rings is 1. The van der Waals surface area contributed by atoms with Gasteiger partial charge in [0.05, 0.1) is 11.3 Å². The summed E-state index contributed by atoms with van der Waals surface area (Å²) in [4.78, 5) is 26.1. The van der Waals surface area contributed by atoms with Crippen molar-refractivity contribution in [3.05, 3.63) is 156 Å². The maximum Gasteiger partial charge on any atom is 0.335 e. The third kappa shape index (κ3) is 8.65. The normalized spacial score (nSPS) is 19.0. The molecule has 0 spiro atoms. The molecule has 5 heterocycles. The van der Waals surface area contributed by atoms with Gasteiger partial charge in [0.15, 0.2) is 5.82 Å². The number of aliphatic imine (C=N–C) groups is 1. The number of halogens is 2. The summed E-state index contributed by atoms with van der Waals surface area (Å²) in [6.45, 7) is 16.6. The van der Waals surface area contributed by atoms with Crippen LogP contribution in [0.25, 0.3) is 16.1 Å². The van der Waals surface area contributed by atoms with Crippen LogP contribution < -0.4 is 9.64 Å². The molecule has 13 heteroatoms. The first-order valence-electron chi connectivity index (χ1n) is 22.7. The second kappa shape index (κ2) is 18.2. The molecule has 2 atom stereocenters. The molecular formula is C52H53Cl2N7O3S. The molecular weight excluding hydrogens is 874 g/mol. The van der Waals surface area contributed by atoms with E-state index in [0.717, 1.165) is 145 Å². The molecule has 10 rings (SSSR count). The molecule has 0 amide bonds. The summed E-state index contributed by atoms with van der Waals surface area (Å²) in [5.74, 6) is 1.72. The highest BCUT2D eigenvalue weighted by molar-refractivity contribution is 7.15. The Labute approximate surface area is 394 Å². The minimum atomic E-state index is -0.921. The molecule has 2 saturated heterocycles. The summed E-state index contributed by atoms with van der Waals surface area (Å²) in [6.07, 6.45) is 3.58. The van der Waals surface area contributed by atoms with Crippen LogP contribution in [0.4, 0.5) is 5.69 Å². The molecule has 2 fully saturated rings. The predicted molar refractivity (Wildman–Crippen MR) is 263 cm³/mol. The number of ether oxygens (including phenoxy) is 1. The van der Waals surface area contributed by atoms with Gasteiger partial charge in [0.1, 0.15) is 28.7 Å². The Balaban J connectivity index is 0.748. The van der Waals surface area contributed by atoms with Crippen molar-refractivity contribution in [2.75, 3.05) is 57.3 Å². The maximum atomic E-state index is 11.9. The Kier molecular flexibility index (Phi) is 12.2. The van der Waals surface area contributed by atoms with E-state index in [1.165, 1.54) is 21.7 Å². The van der Waals surface area contributed by atoms with Gasteiger partial charge in [-0.05, 0) is 141 Å². The minimum absolute atomic E-state index is 0.0961. The van der Waals surface area contributed by atoms with E-state index in [1.807, 2.05) is 31.2 Å². The topological polar surface area (TPSA) is 99.3 Å². The quantitative estimate of drug-likeness (QED) is 0.145. The second-order valence-corrected chi connectivity index (χ2v) is 19.8. The third-order valence-corrected chi connectivity index (χ3v) is 15.4. The Hall–Kier alpha value is -5.30. The second-order valence-electron chi connectivity index (χ2n) is 17.8. The minimum Gasteiger partial charge on any atom is -0.489 e. The Bertz CT molecular complexity index is 2840. The predicted octanol–water partition coefficient (Wildman–Crippen LogP) is 10.7. The van der Waals surface area contributed by atoms with Crippen molar-refractivity contribution < 1.29 is 14.6 Å². The largest absolute Gasteiger partial charge is 0.489 e. The molecule has 6 aromatic rings. The number of carboxylic acids is 1. The van der Waals surface area contributed by atoms with Gasteiger partial charge >= 0.3 is 5.97 Å². The van der Waals surface area contributed by atoms with Crippen LogP contribution in [-0.4, -0.2) is 99.8 Å². The number of aromatic carboxylic acids is 1. The van der Waals surface area contributed by atoms with Crippen LogP contribution >= 0.6 is 34.5 Å². The molecule has 0 saturated carbocycles. The Morgan fingerprint density at radius 3 is 2.32 bits per heavy atom. The molecule has 1 N–H and O–H groups in total. The van der Waals surface area contributed by atoms with Gasteiger partial charge in [0, 0.05) is 84.1 Å². The average molecular weight is 927 g/mol. The van der Waals surface area contributed by atoms with E-state index in [1.54, 1.807) is 23.5 Å². The molecule has 3 aliphatic heterocycles. The van der Waals surface area contributed by atoms with Crippen LogP contribution in [0.5, 0.6) is 5.75 Å². The first kappa shape index (κ1) is 43.6. The number of hydrogen-bond acceptors (Lipinski definition) is 9. The van der Waals surface area contributed by atoms with Crippen LogP contribution in [0.2, 0.25) is 10.0 Å². The third-order valence-electron chi connectivity index (χ3n) is 13.7. The van der Waals surface area contributed by atoms with Gasteiger partial charge in [-0.3, -0.25) is 19.4 Å². The Morgan fingerprint density at radius 2 is 1.57 bits per heavy atom. The van der Waals surface area contributed by atoms with Crippen LogP contribution in [0.3, 0.4) is 0 Å². The molecule has 65 heavy (non-hydrogen) atoms. The number of anilines is 1. The molecule has 334 valence electrons. The van der Waals surface area contributed by atoms with Crippen molar-refractivity contribution in [2.45, 2.75) is 65.5 Å². The van der Waals surface area contributed by atoms with E-state index in [2.05, 4.69) is 98.8 Å². The zero-order chi connectivity index (χ0) is 44.9. The first-order chi connectivity index (χ1) is 31.5. The lowest BCUT2D eigenvalue weighted by molar-refractivity contribution is 0.0696. The van der Waals surface area contributed by atoms with Crippen molar-refractivity contribution in [3.63, 3.8) is 0 Å². The van der Waals surface area contributed by atoms with Gasteiger partial charge in [-0.1, -0.05) is 59.6 Å². The number of nitrogens with zero attached hydrogens (tertiary/aromatic N) is 7. The number of fused-ring (bicyclic) bond motifs is 4. The zero-order valence-electron chi connectivity index (χ0n) is 37.3. The number of hydrogen-bond donors (Lipinski definition) is 1. The van der Waals surface area contributed by atoms with E-state index >= 15 is 0 Å². The van der Waals surface area contributed by atoms with Crippen molar-refractivity contribution in [2.24, 2.45) is 4.99 Å². The van der Waals surface area contributed by atoms with E-state index in [4.69, 9.17) is 32.9 Å². The van der Waals surface area contributed by atoms with E-state index in [0.29, 0.717) is 15.6 Å². The van der Waals surface area contributed by atoms with Crippen LogP contribution in [0.1, 0.15) is 98.1 Å². The average Bonchev–Trinajstić information content (AvgIpc) is 3.94. The maximum absolute atomic E-state index is 11.9. The molecule has 4 aliphatic rings. The van der Waals surface area contributed by atoms with Gasteiger partial charge in [-0.25, -0.2) is 4.79 Å². The molecule has 4 aromatic carbocycles.